The van der Waals surface area contributed by atoms with Gasteiger partial charge in [0.1, 0.15) is 6.54 Å². The van der Waals surface area contributed by atoms with Crippen molar-refractivity contribution in [3.05, 3.63) is 54.9 Å². The number of fused-ring (bicyclic) bond motifs is 1. The molecular weight excluding hydrogens is 422 g/mol. The van der Waals surface area contributed by atoms with Crippen molar-refractivity contribution in [1.29, 1.82) is 0 Å². The normalized spacial score (nSPS) is 20.5. The van der Waals surface area contributed by atoms with Crippen molar-refractivity contribution < 1.29 is 22.8 Å². The fourth-order valence-corrected chi connectivity index (χ4v) is 4.58. The lowest BCUT2D eigenvalue weighted by Crippen LogP contribution is -2.38. The zero-order valence-electron chi connectivity index (χ0n) is 16.3. The second kappa shape index (κ2) is 8.26. The van der Waals surface area contributed by atoms with Gasteiger partial charge in [-0.15, -0.1) is 0 Å². The minimum atomic E-state index is -3.90. The lowest BCUT2D eigenvalue weighted by molar-refractivity contribution is -0.142. The highest BCUT2D eigenvalue weighted by Gasteiger charge is 2.47. The molecule has 2 aromatic rings. The van der Waals surface area contributed by atoms with E-state index in [2.05, 4.69) is 20.0 Å². The maximum Gasteiger partial charge on any atom is 0.264 e. The van der Waals surface area contributed by atoms with Gasteiger partial charge in [0.2, 0.25) is 23.7 Å². The van der Waals surface area contributed by atoms with Crippen molar-refractivity contribution in [2.75, 3.05) is 16.6 Å². The third kappa shape index (κ3) is 4.31. The first-order chi connectivity index (χ1) is 14.8. The van der Waals surface area contributed by atoms with E-state index in [1.54, 1.807) is 6.07 Å². The van der Waals surface area contributed by atoms with E-state index in [4.69, 9.17) is 0 Å². The quantitative estimate of drug-likeness (QED) is 0.507. The molecule has 1 aromatic heterocycles. The molecule has 10 nitrogen and oxygen atoms in total. The van der Waals surface area contributed by atoms with Crippen LogP contribution < -0.4 is 10.0 Å². The molecule has 1 aromatic carbocycles. The van der Waals surface area contributed by atoms with Gasteiger partial charge in [0, 0.05) is 18.1 Å². The highest BCUT2D eigenvalue weighted by molar-refractivity contribution is 7.92. The minimum absolute atomic E-state index is 0.0422. The van der Waals surface area contributed by atoms with Crippen molar-refractivity contribution >= 4 is 39.4 Å². The summed E-state index contributed by atoms with van der Waals surface area (Å²) >= 11 is 0. The molecule has 160 valence electrons. The number of rotatable bonds is 6. The van der Waals surface area contributed by atoms with Gasteiger partial charge in [-0.05, 0) is 43.2 Å². The number of anilines is 2. The van der Waals surface area contributed by atoms with E-state index >= 15 is 0 Å². The number of amides is 3. The van der Waals surface area contributed by atoms with Crippen molar-refractivity contribution in [1.82, 2.24) is 14.9 Å². The number of sulfonamides is 1. The van der Waals surface area contributed by atoms with E-state index in [1.807, 2.05) is 12.2 Å². The van der Waals surface area contributed by atoms with Gasteiger partial charge in [-0.2, -0.15) is 0 Å². The predicted octanol–water partition coefficient (Wildman–Crippen LogP) is 1.17. The number of imide groups is 1. The van der Waals surface area contributed by atoms with Gasteiger partial charge < -0.3 is 5.32 Å². The molecule has 1 aliphatic carbocycles. The Hall–Kier alpha value is -3.60. The molecular formula is C20H19N5O5S. The summed E-state index contributed by atoms with van der Waals surface area (Å²) in [6.45, 7) is -0.377. The van der Waals surface area contributed by atoms with E-state index in [-0.39, 0.29) is 29.2 Å². The summed E-state index contributed by atoms with van der Waals surface area (Å²) in [6, 6.07) is 7.01. The zero-order chi connectivity index (χ0) is 22.0. The molecule has 11 heteroatoms. The smallest absolute Gasteiger partial charge is 0.264 e. The molecule has 1 fully saturated rings. The third-order valence-corrected chi connectivity index (χ3v) is 6.48. The van der Waals surface area contributed by atoms with Crippen LogP contribution in [0, 0.1) is 11.8 Å². The van der Waals surface area contributed by atoms with Gasteiger partial charge in [-0.1, -0.05) is 12.2 Å². The second-order valence-electron chi connectivity index (χ2n) is 7.17. The van der Waals surface area contributed by atoms with Crippen LogP contribution in [0.25, 0.3) is 0 Å². The first-order valence-corrected chi connectivity index (χ1v) is 11.0. The number of carbonyl (C=O) groups excluding carboxylic acids is 3. The Balaban J connectivity index is 1.38. The molecule has 31 heavy (non-hydrogen) atoms. The molecule has 2 aliphatic rings. The maximum absolute atomic E-state index is 12.5. The van der Waals surface area contributed by atoms with E-state index in [9.17, 15) is 22.8 Å². The first-order valence-electron chi connectivity index (χ1n) is 9.55. The zero-order valence-corrected chi connectivity index (χ0v) is 17.1. The molecule has 0 unspecified atom stereocenters. The molecule has 2 atom stereocenters. The summed E-state index contributed by atoms with van der Waals surface area (Å²) in [6.07, 6.45) is 7.58. The van der Waals surface area contributed by atoms with Crippen LogP contribution in [0.3, 0.4) is 0 Å². The van der Waals surface area contributed by atoms with Crippen LogP contribution in [0.5, 0.6) is 0 Å². The van der Waals surface area contributed by atoms with E-state index in [0.29, 0.717) is 18.5 Å². The number of carbonyl (C=O) groups is 3. The van der Waals surface area contributed by atoms with Gasteiger partial charge in [0.05, 0.1) is 16.7 Å². The van der Waals surface area contributed by atoms with Gasteiger partial charge in [0.25, 0.3) is 10.0 Å². The molecule has 0 bridgehead atoms. The Kier molecular flexibility index (Phi) is 5.51. The topological polar surface area (TPSA) is 138 Å². The number of nitrogens with zero attached hydrogens (tertiary/aromatic N) is 3. The van der Waals surface area contributed by atoms with Crippen LogP contribution in [0.15, 0.2) is 59.8 Å². The Morgan fingerprint density at radius 2 is 1.58 bits per heavy atom. The highest BCUT2D eigenvalue weighted by atomic mass is 32.2. The number of hydrogen-bond acceptors (Lipinski definition) is 7. The van der Waals surface area contributed by atoms with Gasteiger partial charge >= 0.3 is 0 Å². The number of likely N-dealkylation sites (tertiary alicyclic amines) is 1. The summed E-state index contributed by atoms with van der Waals surface area (Å²) in [4.78, 5) is 45.9. The van der Waals surface area contributed by atoms with Gasteiger partial charge in [-0.25, -0.2) is 23.1 Å². The van der Waals surface area contributed by atoms with Crippen LogP contribution in [0.4, 0.5) is 11.6 Å². The lowest BCUT2D eigenvalue weighted by Gasteiger charge is -2.14. The van der Waals surface area contributed by atoms with Crippen LogP contribution in [-0.4, -0.2) is 47.6 Å². The summed E-state index contributed by atoms with van der Waals surface area (Å²) in [5.41, 5.74) is 0.332. The lowest BCUT2D eigenvalue weighted by atomic mass is 9.85. The van der Waals surface area contributed by atoms with Crippen molar-refractivity contribution in [3.8, 4) is 0 Å². The van der Waals surface area contributed by atoms with Crippen molar-refractivity contribution in [2.45, 2.75) is 17.7 Å². The van der Waals surface area contributed by atoms with Crippen molar-refractivity contribution in [2.24, 2.45) is 11.8 Å². The number of aromatic nitrogens is 2. The Morgan fingerprint density at radius 1 is 1.00 bits per heavy atom. The predicted molar refractivity (Wildman–Crippen MR) is 110 cm³/mol. The Morgan fingerprint density at radius 3 is 2.16 bits per heavy atom. The average Bonchev–Trinajstić information content (AvgIpc) is 3.00. The molecule has 3 amide bonds. The van der Waals surface area contributed by atoms with Gasteiger partial charge in [0.15, 0.2) is 0 Å². The number of hydrogen-bond donors (Lipinski definition) is 2. The maximum atomic E-state index is 12.5. The van der Waals surface area contributed by atoms with Gasteiger partial charge in [-0.3, -0.25) is 19.3 Å². The molecule has 0 radical (unpaired) electrons. The SMILES string of the molecule is O=C(CN1C(=O)[C@H]2CC=CC[C@@H]2C1=O)Nc1ccc(S(=O)(=O)Nc2ncccn2)cc1. The molecule has 1 aliphatic heterocycles. The average molecular weight is 441 g/mol. The minimum Gasteiger partial charge on any atom is -0.325 e. The fraction of sp³-hybridized carbons (Fsp3) is 0.250. The van der Waals surface area contributed by atoms with Crippen molar-refractivity contribution in [3.63, 3.8) is 0 Å². The molecule has 2 heterocycles. The summed E-state index contributed by atoms with van der Waals surface area (Å²) in [5, 5.41) is 2.58. The first kappa shape index (κ1) is 20.7. The standard InChI is InChI=1S/C20H19N5O5S/c26-17(12-25-18(27)15-4-1-2-5-16(15)19(25)28)23-13-6-8-14(9-7-13)31(29,30)24-20-21-10-3-11-22-20/h1-3,6-11,15-16H,4-5,12H2,(H,23,26)(H,21,22,24)/t15-,16-/m0/s1. The molecule has 0 saturated carbocycles. The van der Waals surface area contributed by atoms with Crippen LogP contribution in [-0.2, 0) is 24.4 Å². The number of nitrogens with one attached hydrogen (secondary N) is 2. The Bertz CT molecular complexity index is 1120. The highest BCUT2D eigenvalue weighted by Crippen LogP contribution is 2.34. The van der Waals surface area contributed by atoms with E-state index < -0.39 is 27.8 Å². The largest absolute Gasteiger partial charge is 0.325 e. The van der Waals surface area contributed by atoms with Crippen LogP contribution >= 0.6 is 0 Å². The molecule has 0 spiro atoms. The molecule has 1 saturated heterocycles. The number of benzene rings is 1. The summed E-state index contributed by atoms with van der Waals surface area (Å²) < 4.78 is 27.0. The Labute approximate surface area is 178 Å². The molecule has 2 N–H and O–H groups in total. The fourth-order valence-electron chi connectivity index (χ4n) is 3.62. The van der Waals surface area contributed by atoms with E-state index in [1.165, 1.54) is 36.7 Å². The second-order valence-corrected chi connectivity index (χ2v) is 8.85. The number of allylic oxidation sites excluding steroid dienone is 2. The summed E-state index contributed by atoms with van der Waals surface area (Å²) in [7, 11) is -3.90. The van der Waals surface area contributed by atoms with E-state index in [0.717, 1.165) is 4.90 Å². The summed E-state index contributed by atoms with van der Waals surface area (Å²) in [5.74, 6) is -2.04. The van der Waals surface area contributed by atoms with Crippen LogP contribution in [0.1, 0.15) is 12.8 Å². The monoisotopic (exact) mass is 441 g/mol. The van der Waals surface area contributed by atoms with Crippen LogP contribution in [0.2, 0.25) is 0 Å². The third-order valence-electron chi connectivity index (χ3n) is 5.14. The molecule has 4 rings (SSSR count).